The van der Waals surface area contributed by atoms with Crippen LogP contribution in [0.25, 0.3) is 21.6 Å². The van der Waals surface area contributed by atoms with E-state index in [1.54, 1.807) is 0 Å². The number of nitrogens with zero attached hydrogens (tertiary/aromatic N) is 9. The summed E-state index contributed by atoms with van der Waals surface area (Å²) < 4.78 is 61.1. The topological polar surface area (TPSA) is 351 Å². The Morgan fingerprint density at radius 2 is 1.77 bits per heavy atom. The molecule has 25 nitrogen and oxygen atoms in total. The van der Waals surface area contributed by atoms with Crippen molar-refractivity contribution in [2.45, 2.75) is 67.5 Å². The first-order chi connectivity index (χ1) is 22.4. The predicted molar refractivity (Wildman–Crippen MR) is 150 cm³/mol. The third kappa shape index (κ3) is 5.85. The van der Waals surface area contributed by atoms with Gasteiger partial charge in [0.15, 0.2) is 30.0 Å². The molecule has 4 fully saturated rings. The maximum Gasteiger partial charge on any atom is 0.472 e. The second-order valence-electron chi connectivity index (χ2n) is 10.8. The number of azide groups is 1. The van der Waals surface area contributed by atoms with Crippen LogP contribution < -0.4 is 22.1 Å². The van der Waals surface area contributed by atoms with Crippen molar-refractivity contribution >= 4 is 44.9 Å². The van der Waals surface area contributed by atoms with Crippen molar-refractivity contribution in [2.24, 2.45) is 15.8 Å². The number of aliphatic imine (C=N–C) groups is 1. The number of carbonyl (C=O) groups is 1. The smallest absolute Gasteiger partial charge is 0.387 e. The van der Waals surface area contributed by atoms with Gasteiger partial charge in [-0.1, -0.05) is 5.11 Å². The molecular formula is C20H27N13O12P2. The molecule has 0 saturated carbocycles. The van der Waals surface area contributed by atoms with Gasteiger partial charge >= 0.3 is 15.6 Å². The maximum absolute atomic E-state index is 13.3. The Labute approximate surface area is 262 Å². The van der Waals surface area contributed by atoms with Crippen LogP contribution >= 0.6 is 15.6 Å². The number of carbonyl (C=O) groups excluding carboxylic acids is 1. The number of amides is 1. The van der Waals surface area contributed by atoms with E-state index in [0.717, 1.165) is 6.33 Å². The fraction of sp³-hybridized carbons (Fsp3) is 0.650. The van der Waals surface area contributed by atoms with Crippen LogP contribution in [0.15, 0.2) is 22.8 Å². The molecular weight excluding hydrogens is 676 g/mol. The SMILES string of the molecule is [N-]=[N+]=N[C@H]1[C@H]2OP(=O)(O)OC[C@H]3O[C@@H](N4C=NC5C(=O)NC(N)NC54)[C@H](OP(=O)(O)OC[C@H]1O[C@H]2n1cnc2c(N)ncnc21)[C@@H]3O. The molecule has 0 radical (unpaired) electrons. The van der Waals surface area contributed by atoms with Crippen LogP contribution in [-0.4, -0.2) is 126 Å². The summed E-state index contributed by atoms with van der Waals surface area (Å²) in [6, 6.07) is -2.46. The summed E-state index contributed by atoms with van der Waals surface area (Å²) in [6.07, 6.45) is -9.10. The summed E-state index contributed by atoms with van der Waals surface area (Å²) >= 11 is 0. The van der Waals surface area contributed by atoms with Gasteiger partial charge in [0.1, 0.15) is 48.7 Å². The van der Waals surface area contributed by atoms with Crippen molar-refractivity contribution < 1.29 is 56.4 Å². The van der Waals surface area contributed by atoms with Crippen molar-refractivity contribution in [2.75, 3.05) is 18.9 Å². The Bertz CT molecular complexity index is 1740. The highest BCUT2D eigenvalue weighted by molar-refractivity contribution is 7.47. The Balaban J connectivity index is 1.21. The average Bonchev–Trinajstić information content (AvgIpc) is 3.76. The number of imidazole rings is 1. The number of phosphoric acid groups is 2. The van der Waals surface area contributed by atoms with E-state index >= 15 is 0 Å². The largest absolute Gasteiger partial charge is 0.472 e. The fourth-order valence-electron chi connectivity index (χ4n) is 5.90. The average molecular weight is 703 g/mol. The van der Waals surface area contributed by atoms with Gasteiger partial charge in [-0.2, -0.15) is 0 Å². The number of aliphatic hydroxyl groups excluding tert-OH is 1. The lowest BCUT2D eigenvalue weighted by Crippen LogP contribution is -2.70. The standard InChI is InChI=1S/C20H27N13O12P2/c21-14-9-15(25-3-24-14)32(4-26-9)18-12-8(30-31-23)6(42-18)1-40-47(38,39)45-13-11(34)7(2-41-46(36,37)44-12)43-19(13)33-5-27-10-16(33)28-20(22)29-17(10)35/h3-8,10-13,16,18-20,28,34H,1-2,22H2,(H,29,35)(H,36,37)(H,38,39)(H2,21,24,25)/t6-,7-,8-,10?,11-,12-,13-,16?,18-,19-,20?/m1/s1. The van der Waals surface area contributed by atoms with Crippen molar-refractivity contribution in [1.29, 1.82) is 0 Å². The zero-order chi connectivity index (χ0) is 33.2. The maximum atomic E-state index is 13.3. The van der Waals surface area contributed by atoms with Crippen LogP contribution in [0.1, 0.15) is 6.23 Å². The Morgan fingerprint density at radius 1 is 1.06 bits per heavy atom. The quantitative estimate of drug-likeness (QED) is 0.0729. The first-order valence-electron chi connectivity index (χ1n) is 13.8. The van der Waals surface area contributed by atoms with Gasteiger partial charge in [-0.15, -0.1) is 0 Å². The lowest BCUT2D eigenvalue weighted by molar-refractivity contribution is -0.130. The summed E-state index contributed by atoms with van der Waals surface area (Å²) in [6.45, 7) is -1.61. The van der Waals surface area contributed by atoms with E-state index in [-0.39, 0.29) is 17.0 Å². The first-order valence-corrected chi connectivity index (χ1v) is 16.8. The van der Waals surface area contributed by atoms with E-state index in [2.05, 4.69) is 40.6 Å². The highest BCUT2D eigenvalue weighted by Crippen LogP contribution is 2.53. The molecule has 13 atom stereocenters. The van der Waals surface area contributed by atoms with Crippen LogP contribution in [-0.2, 0) is 41.5 Å². The second-order valence-corrected chi connectivity index (χ2v) is 13.6. The minimum Gasteiger partial charge on any atom is -0.387 e. The van der Waals surface area contributed by atoms with Crippen LogP contribution in [0.5, 0.6) is 0 Å². The lowest BCUT2D eigenvalue weighted by atomic mass is 10.1. The van der Waals surface area contributed by atoms with Gasteiger partial charge in [0.2, 0.25) is 0 Å². The zero-order valence-corrected chi connectivity index (χ0v) is 25.4. The van der Waals surface area contributed by atoms with Gasteiger partial charge in [-0.25, -0.2) is 24.1 Å². The van der Waals surface area contributed by atoms with Gasteiger partial charge in [0.25, 0.3) is 5.91 Å². The third-order valence-corrected chi connectivity index (χ3v) is 9.95. The van der Waals surface area contributed by atoms with Gasteiger partial charge in [0, 0.05) is 4.91 Å². The molecule has 2 aromatic rings. The molecule has 5 aliphatic rings. The highest BCUT2D eigenvalue weighted by Gasteiger charge is 2.56. The lowest BCUT2D eigenvalue weighted by Gasteiger charge is -2.39. The highest BCUT2D eigenvalue weighted by atomic mass is 31.2. The molecule has 254 valence electrons. The van der Waals surface area contributed by atoms with Crippen molar-refractivity contribution in [3.05, 3.63) is 23.1 Å². The number of nitrogens with two attached hydrogens (primary N) is 2. The number of aliphatic hydroxyl groups is 1. The molecule has 9 N–H and O–H groups in total. The molecule has 0 spiro atoms. The summed E-state index contributed by atoms with van der Waals surface area (Å²) in [4.78, 5) is 54.3. The summed E-state index contributed by atoms with van der Waals surface area (Å²) in [5.41, 5.74) is 21.3. The summed E-state index contributed by atoms with van der Waals surface area (Å²) in [7, 11) is -10.2. The van der Waals surface area contributed by atoms with Gasteiger partial charge in [-0.3, -0.25) is 43.5 Å². The van der Waals surface area contributed by atoms with Crippen molar-refractivity contribution in [3.8, 4) is 0 Å². The number of rotatable bonds is 3. The third-order valence-electron chi connectivity index (χ3n) is 7.98. The number of phosphoric ester groups is 2. The molecule has 27 heteroatoms. The van der Waals surface area contributed by atoms with Gasteiger partial charge < -0.3 is 40.3 Å². The van der Waals surface area contributed by atoms with Crippen molar-refractivity contribution in [3.63, 3.8) is 0 Å². The number of nitrogens with one attached hydrogen (secondary N) is 2. The number of anilines is 1. The first kappa shape index (κ1) is 32.2. The van der Waals surface area contributed by atoms with Crippen LogP contribution in [0, 0.1) is 0 Å². The molecule has 1 amide bonds. The molecule has 0 aromatic carbocycles. The van der Waals surface area contributed by atoms with E-state index in [9.17, 15) is 34.3 Å². The van der Waals surface area contributed by atoms with Crippen LogP contribution in [0.3, 0.4) is 0 Å². The minimum atomic E-state index is -5.11. The number of hydrogen-bond acceptors (Lipinski definition) is 19. The molecule has 2 aromatic heterocycles. The van der Waals surface area contributed by atoms with Crippen molar-refractivity contribution in [1.82, 2.24) is 35.1 Å². The molecule has 7 rings (SSSR count). The Kier molecular flexibility index (Phi) is 8.18. The molecule has 4 saturated heterocycles. The molecule has 0 aliphatic carbocycles. The monoisotopic (exact) mass is 703 g/mol. The van der Waals surface area contributed by atoms with E-state index in [0.29, 0.717) is 0 Å². The predicted octanol–water partition coefficient (Wildman–Crippen LogP) is -2.91. The Morgan fingerprint density at radius 3 is 2.51 bits per heavy atom. The van der Waals surface area contributed by atoms with E-state index < -0.39 is 102 Å². The van der Waals surface area contributed by atoms with Crippen LogP contribution in [0.4, 0.5) is 5.82 Å². The van der Waals surface area contributed by atoms with E-state index in [1.165, 1.54) is 22.1 Å². The fourth-order valence-corrected chi connectivity index (χ4v) is 7.77. The summed E-state index contributed by atoms with van der Waals surface area (Å²) in [5.74, 6) is -0.511. The molecule has 4 bridgehead atoms. The van der Waals surface area contributed by atoms with Crippen LogP contribution in [0.2, 0.25) is 0 Å². The van der Waals surface area contributed by atoms with E-state index in [1.807, 2.05) is 0 Å². The van der Waals surface area contributed by atoms with Gasteiger partial charge in [0.05, 0.1) is 38.0 Å². The number of ether oxygens (including phenoxy) is 2. The molecule has 5 unspecified atom stereocenters. The Hall–Kier alpha value is -3.38. The zero-order valence-electron chi connectivity index (χ0n) is 23.6. The number of nitrogen functional groups attached to an aromatic ring is 1. The second kappa shape index (κ2) is 11.9. The molecule has 47 heavy (non-hydrogen) atoms. The molecule has 7 heterocycles. The number of fused-ring (bicyclic) bond motifs is 6. The molecule has 5 aliphatic heterocycles. The normalized spacial score (nSPS) is 43.7. The number of aromatic nitrogens is 4. The van der Waals surface area contributed by atoms with Gasteiger partial charge in [-0.05, 0) is 5.53 Å². The summed E-state index contributed by atoms with van der Waals surface area (Å²) in [5, 5.41) is 20.1. The van der Waals surface area contributed by atoms with E-state index in [4.69, 9.17) is 39.0 Å². The number of hydrogen-bond donors (Lipinski definition) is 7. The minimum absolute atomic E-state index is 0.0108.